The van der Waals surface area contributed by atoms with Crippen LogP contribution in [0.1, 0.15) is 59.0 Å². The molecule has 0 radical (unpaired) electrons. The van der Waals surface area contributed by atoms with Crippen LogP contribution < -0.4 is 5.32 Å². The molecular formula is C20H25N. The monoisotopic (exact) mass is 279 g/mol. The highest BCUT2D eigenvalue weighted by molar-refractivity contribution is 5.45. The van der Waals surface area contributed by atoms with Gasteiger partial charge in [-0.05, 0) is 67.5 Å². The minimum absolute atomic E-state index is 0.294. The summed E-state index contributed by atoms with van der Waals surface area (Å²) in [6.45, 7) is 4.44. The SMILES string of the molecule is CNC(c1ccccc1C1CCC1)c1c(C)cccc1C. The fourth-order valence-corrected chi connectivity index (χ4v) is 3.60. The van der Waals surface area contributed by atoms with Crippen LogP contribution >= 0.6 is 0 Å². The largest absolute Gasteiger partial charge is 0.309 e. The van der Waals surface area contributed by atoms with Crippen molar-refractivity contribution < 1.29 is 0 Å². The summed E-state index contributed by atoms with van der Waals surface area (Å²) >= 11 is 0. The fraction of sp³-hybridized carbons (Fsp3) is 0.400. The first-order chi connectivity index (χ1) is 10.2. The van der Waals surface area contributed by atoms with Crippen LogP contribution in [-0.4, -0.2) is 7.05 Å². The summed E-state index contributed by atoms with van der Waals surface area (Å²) in [5.74, 6) is 0.765. The van der Waals surface area contributed by atoms with Gasteiger partial charge in [0.2, 0.25) is 0 Å². The van der Waals surface area contributed by atoms with Gasteiger partial charge < -0.3 is 5.32 Å². The van der Waals surface area contributed by atoms with E-state index >= 15 is 0 Å². The molecule has 0 bridgehead atoms. The van der Waals surface area contributed by atoms with Gasteiger partial charge in [0, 0.05) is 0 Å². The summed E-state index contributed by atoms with van der Waals surface area (Å²) in [7, 11) is 2.08. The van der Waals surface area contributed by atoms with Crippen LogP contribution in [-0.2, 0) is 0 Å². The Morgan fingerprint density at radius 1 is 0.952 bits per heavy atom. The van der Waals surface area contributed by atoms with Gasteiger partial charge in [0.15, 0.2) is 0 Å². The number of nitrogens with one attached hydrogen (secondary N) is 1. The Hall–Kier alpha value is -1.60. The van der Waals surface area contributed by atoms with E-state index in [1.165, 1.54) is 41.5 Å². The minimum Gasteiger partial charge on any atom is -0.309 e. The molecule has 1 unspecified atom stereocenters. The summed E-state index contributed by atoms with van der Waals surface area (Å²) in [4.78, 5) is 0. The molecule has 110 valence electrons. The molecule has 1 aliphatic rings. The summed E-state index contributed by atoms with van der Waals surface area (Å²) in [5, 5.41) is 3.56. The highest BCUT2D eigenvalue weighted by atomic mass is 14.9. The van der Waals surface area contributed by atoms with Crippen LogP contribution in [0.15, 0.2) is 42.5 Å². The first-order valence-corrected chi connectivity index (χ1v) is 8.04. The zero-order chi connectivity index (χ0) is 14.8. The summed E-state index contributed by atoms with van der Waals surface area (Å²) < 4.78 is 0. The molecule has 0 spiro atoms. The molecule has 1 fully saturated rings. The Bertz CT molecular complexity index is 605. The van der Waals surface area contributed by atoms with Gasteiger partial charge in [-0.25, -0.2) is 0 Å². The third-order valence-electron chi connectivity index (χ3n) is 4.97. The molecule has 1 heteroatoms. The number of benzene rings is 2. The van der Waals surface area contributed by atoms with Crippen molar-refractivity contribution in [2.45, 2.75) is 45.1 Å². The van der Waals surface area contributed by atoms with Crippen molar-refractivity contribution >= 4 is 0 Å². The van der Waals surface area contributed by atoms with Gasteiger partial charge in [-0.1, -0.05) is 48.9 Å². The van der Waals surface area contributed by atoms with Crippen molar-refractivity contribution in [1.29, 1.82) is 0 Å². The number of hydrogen-bond acceptors (Lipinski definition) is 1. The predicted molar refractivity (Wildman–Crippen MR) is 89.9 cm³/mol. The Labute approximate surface area is 128 Å². The number of aryl methyl sites for hydroxylation is 2. The molecule has 1 N–H and O–H groups in total. The van der Waals surface area contributed by atoms with Gasteiger partial charge in [0.1, 0.15) is 0 Å². The van der Waals surface area contributed by atoms with E-state index in [2.05, 4.69) is 68.7 Å². The molecule has 2 aromatic rings. The molecule has 1 atom stereocenters. The van der Waals surface area contributed by atoms with E-state index in [1.807, 2.05) is 0 Å². The molecule has 1 saturated carbocycles. The molecule has 2 aromatic carbocycles. The van der Waals surface area contributed by atoms with Crippen LogP contribution in [0, 0.1) is 13.8 Å². The van der Waals surface area contributed by atoms with Crippen LogP contribution in [0.2, 0.25) is 0 Å². The molecule has 0 aliphatic heterocycles. The van der Waals surface area contributed by atoms with Gasteiger partial charge >= 0.3 is 0 Å². The van der Waals surface area contributed by atoms with E-state index in [0.717, 1.165) is 5.92 Å². The minimum atomic E-state index is 0.294. The topological polar surface area (TPSA) is 12.0 Å². The van der Waals surface area contributed by atoms with Crippen molar-refractivity contribution in [2.75, 3.05) is 7.05 Å². The number of rotatable bonds is 4. The van der Waals surface area contributed by atoms with E-state index in [1.54, 1.807) is 5.56 Å². The lowest BCUT2D eigenvalue weighted by Crippen LogP contribution is -2.23. The first kappa shape index (κ1) is 14.3. The van der Waals surface area contributed by atoms with Crippen LogP contribution in [0.3, 0.4) is 0 Å². The van der Waals surface area contributed by atoms with Gasteiger partial charge in [-0.3, -0.25) is 0 Å². The molecule has 0 saturated heterocycles. The second-order valence-corrected chi connectivity index (χ2v) is 6.28. The molecule has 21 heavy (non-hydrogen) atoms. The third kappa shape index (κ3) is 2.63. The van der Waals surface area contributed by atoms with Crippen LogP contribution in [0.4, 0.5) is 0 Å². The van der Waals surface area contributed by atoms with Crippen molar-refractivity contribution in [1.82, 2.24) is 5.32 Å². The van der Waals surface area contributed by atoms with E-state index in [4.69, 9.17) is 0 Å². The van der Waals surface area contributed by atoms with Crippen LogP contribution in [0.5, 0.6) is 0 Å². The van der Waals surface area contributed by atoms with Crippen molar-refractivity contribution in [3.05, 3.63) is 70.3 Å². The maximum Gasteiger partial charge on any atom is 0.0582 e. The molecule has 0 heterocycles. The lowest BCUT2D eigenvalue weighted by molar-refractivity contribution is 0.415. The molecule has 1 nitrogen and oxygen atoms in total. The maximum absolute atomic E-state index is 3.56. The lowest BCUT2D eigenvalue weighted by atomic mass is 9.76. The fourth-order valence-electron chi connectivity index (χ4n) is 3.60. The first-order valence-electron chi connectivity index (χ1n) is 8.04. The summed E-state index contributed by atoms with van der Waals surface area (Å²) in [5.41, 5.74) is 7.19. The Morgan fingerprint density at radius 2 is 1.62 bits per heavy atom. The lowest BCUT2D eigenvalue weighted by Gasteiger charge is -2.31. The Kier molecular flexibility index (Phi) is 4.12. The average molecular weight is 279 g/mol. The van der Waals surface area contributed by atoms with E-state index in [0.29, 0.717) is 6.04 Å². The van der Waals surface area contributed by atoms with E-state index in [9.17, 15) is 0 Å². The molecular weight excluding hydrogens is 254 g/mol. The highest BCUT2D eigenvalue weighted by Gasteiger charge is 2.26. The van der Waals surface area contributed by atoms with E-state index < -0.39 is 0 Å². The predicted octanol–water partition coefficient (Wildman–Crippen LogP) is 4.88. The molecule has 1 aliphatic carbocycles. The van der Waals surface area contributed by atoms with Crippen molar-refractivity contribution in [3.8, 4) is 0 Å². The summed E-state index contributed by atoms with van der Waals surface area (Å²) in [6.07, 6.45) is 4.08. The molecule has 3 rings (SSSR count). The maximum atomic E-state index is 3.56. The van der Waals surface area contributed by atoms with Crippen LogP contribution in [0.25, 0.3) is 0 Å². The smallest absolute Gasteiger partial charge is 0.0582 e. The normalized spacial score (nSPS) is 16.5. The van der Waals surface area contributed by atoms with Gasteiger partial charge in [-0.2, -0.15) is 0 Å². The zero-order valence-corrected chi connectivity index (χ0v) is 13.3. The average Bonchev–Trinajstić information content (AvgIpc) is 2.42. The Balaban J connectivity index is 2.08. The zero-order valence-electron chi connectivity index (χ0n) is 13.3. The third-order valence-corrected chi connectivity index (χ3v) is 4.97. The highest BCUT2D eigenvalue weighted by Crippen LogP contribution is 2.41. The number of hydrogen-bond donors (Lipinski definition) is 1. The molecule has 0 amide bonds. The second-order valence-electron chi connectivity index (χ2n) is 6.28. The van der Waals surface area contributed by atoms with Gasteiger partial charge in [0.05, 0.1) is 6.04 Å². The Morgan fingerprint density at radius 3 is 2.19 bits per heavy atom. The van der Waals surface area contributed by atoms with E-state index in [-0.39, 0.29) is 0 Å². The van der Waals surface area contributed by atoms with Crippen molar-refractivity contribution in [2.24, 2.45) is 0 Å². The van der Waals surface area contributed by atoms with Gasteiger partial charge in [0.25, 0.3) is 0 Å². The quantitative estimate of drug-likeness (QED) is 0.841. The second kappa shape index (κ2) is 6.03. The van der Waals surface area contributed by atoms with Gasteiger partial charge in [-0.15, -0.1) is 0 Å². The molecule has 0 aromatic heterocycles. The standard InChI is InChI=1S/C20H25N/c1-14-8-6-9-15(2)19(14)20(21-3)18-13-5-4-12-17(18)16-10-7-11-16/h4-6,8-9,12-13,16,20-21H,7,10-11H2,1-3H3. The summed E-state index contributed by atoms with van der Waals surface area (Å²) in [6, 6.07) is 15.9. The van der Waals surface area contributed by atoms with Crippen molar-refractivity contribution in [3.63, 3.8) is 0 Å².